The summed E-state index contributed by atoms with van der Waals surface area (Å²) in [5.41, 5.74) is 6.27. The molecular weight excluding hydrogens is 229 g/mol. The standard InChI is InChI=1S/C14H22FN3/c1-14(2,3)9-18(4)8-10-6-5-7-11(12(10)15)13(16)17/h5-7H,8-9H2,1-4H3,(H3,16,17). The van der Waals surface area contributed by atoms with Crippen molar-refractivity contribution < 1.29 is 4.39 Å². The van der Waals surface area contributed by atoms with Gasteiger partial charge in [-0.15, -0.1) is 0 Å². The second-order valence-electron chi connectivity index (χ2n) is 5.93. The van der Waals surface area contributed by atoms with Crippen LogP contribution in [0.1, 0.15) is 31.9 Å². The van der Waals surface area contributed by atoms with Gasteiger partial charge in [-0.1, -0.05) is 32.9 Å². The van der Waals surface area contributed by atoms with Crippen LogP contribution >= 0.6 is 0 Å². The lowest BCUT2D eigenvalue weighted by Crippen LogP contribution is -2.29. The van der Waals surface area contributed by atoms with Crippen molar-refractivity contribution in [2.75, 3.05) is 13.6 Å². The fraction of sp³-hybridized carbons (Fsp3) is 0.500. The van der Waals surface area contributed by atoms with E-state index in [0.29, 0.717) is 12.1 Å². The highest BCUT2D eigenvalue weighted by Gasteiger charge is 2.16. The number of hydrogen-bond acceptors (Lipinski definition) is 2. The summed E-state index contributed by atoms with van der Waals surface area (Å²) in [4.78, 5) is 2.07. The van der Waals surface area contributed by atoms with Crippen LogP contribution in [0.3, 0.4) is 0 Å². The Morgan fingerprint density at radius 1 is 1.39 bits per heavy atom. The van der Waals surface area contributed by atoms with Crippen LogP contribution in [0.15, 0.2) is 18.2 Å². The van der Waals surface area contributed by atoms with Gasteiger partial charge in [0, 0.05) is 18.7 Å². The van der Waals surface area contributed by atoms with E-state index in [0.717, 1.165) is 6.54 Å². The van der Waals surface area contributed by atoms with E-state index < -0.39 is 0 Å². The smallest absolute Gasteiger partial charge is 0.138 e. The van der Waals surface area contributed by atoms with Crippen LogP contribution in [0.4, 0.5) is 4.39 Å². The van der Waals surface area contributed by atoms with E-state index in [9.17, 15) is 4.39 Å². The summed E-state index contributed by atoms with van der Waals surface area (Å²) in [7, 11) is 1.96. The highest BCUT2D eigenvalue weighted by Crippen LogP contribution is 2.18. The van der Waals surface area contributed by atoms with Gasteiger partial charge in [-0.2, -0.15) is 0 Å². The number of nitrogens with one attached hydrogen (secondary N) is 1. The molecule has 0 unspecified atom stereocenters. The van der Waals surface area contributed by atoms with Crippen LogP contribution in [0.25, 0.3) is 0 Å². The fourth-order valence-corrected chi connectivity index (χ4v) is 2.07. The zero-order valence-electron chi connectivity index (χ0n) is 11.5. The lowest BCUT2D eigenvalue weighted by molar-refractivity contribution is 0.218. The van der Waals surface area contributed by atoms with E-state index in [1.54, 1.807) is 12.1 Å². The van der Waals surface area contributed by atoms with E-state index >= 15 is 0 Å². The molecule has 1 aromatic carbocycles. The molecule has 1 rings (SSSR count). The van der Waals surface area contributed by atoms with Crippen molar-refractivity contribution in [1.29, 1.82) is 5.41 Å². The average molecular weight is 251 g/mol. The molecule has 0 saturated heterocycles. The molecule has 4 heteroatoms. The third-order valence-electron chi connectivity index (χ3n) is 2.55. The van der Waals surface area contributed by atoms with E-state index in [2.05, 4.69) is 25.7 Å². The number of amidine groups is 1. The van der Waals surface area contributed by atoms with Gasteiger partial charge in [0.1, 0.15) is 11.7 Å². The molecule has 0 aliphatic rings. The number of rotatable bonds is 4. The van der Waals surface area contributed by atoms with Gasteiger partial charge in [-0.05, 0) is 18.5 Å². The largest absolute Gasteiger partial charge is 0.384 e. The molecule has 0 fully saturated rings. The maximum Gasteiger partial charge on any atom is 0.138 e. The first-order valence-electron chi connectivity index (χ1n) is 6.01. The van der Waals surface area contributed by atoms with Gasteiger partial charge in [-0.3, -0.25) is 5.41 Å². The Kier molecular flexibility index (Phi) is 4.46. The lowest BCUT2D eigenvalue weighted by atomic mass is 9.96. The summed E-state index contributed by atoms with van der Waals surface area (Å²) in [5.74, 6) is -0.612. The zero-order chi connectivity index (χ0) is 13.9. The van der Waals surface area contributed by atoms with E-state index in [4.69, 9.17) is 11.1 Å². The summed E-state index contributed by atoms with van der Waals surface area (Å²) in [6.07, 6.45) is 0. The minimum absolute atomic E-state index is 0.170. The van der Waals surface area contributed by atoms with Crippen molar-refractivity contribution in [3.63, 3.8) is 0 Å². The summed E-state index contributed by atoms with van der Waals surface area (Å²) in [6.45, 7) is 7.82. The molecular formula is C14H22FN3. The maximum atomic E-state index is 14.1. The number of nitrogen functional groups attached to an aromatic ring is 1. The number of benzene rings is 1. The minimum atomic E-state index is -0.384. The topological polar surface area (TPSA) is 53.1 Å². The number of halogens is 1. The van der Waals surface area contributed by atoms with Crippen molar-refractivity contribution in [2.45, 2.75) is 27.3 Å². The first-order valence-corrected chi connectivity index (χ1v) is 6.01. The third-order valence-corrected chi connectivity index (χ3v) is 2.55. The van der Waals surface area contributed by atoms with Crippen LogP contribution in [0, 0.1) is 16.6 Å². The van der Waals surface area contributed by atoms with E-state index in [1.807, 2.05) is 7.05 Å². The SMILES string of the molecule is CN(Cc1cccc(C(=N)N)c1F)CC(C)(C)C. The van der Waals surface area contributed by atoms with Crippen LogP contribution in [-0.4, -0.2) is 24.3 Å². The minimum Gasteiger partial charge on any atom is -0.384 e. The fourth-order valence-electron chi connectivity index (χ4n) is 2.07. The van der Waals surface area contributed by atoms with Crippen LogP contribution in [-0.2, 0) is 6.54 Å². The van der Waals surface area contributed by atoms with Crippen molar-refractivity contribution in [3.05, 3.63) is 35.1 Å². The van der Waals surface area contributed by atoms with Gasteiger partial charge >= 0.3 is 0 Å². The van der Waals surface area contributed by atoms with Gasteiger partial charge in [0.15, 0.2) is 0 Å². The Morgan fingerprint density at radius 3 is 2.50 bits per heavy atom. The summed E-state index contributed by atoms with van der Waals surface area (Å²) in [6, 6.07) is 5.01. The van der Waals surface area contributed by atoms with Gasteiger partial charge in [-0.25, -0.2) is 4.39 Å². The maximum absolute atomic E-state index is 14.1. The van der Waals surface area contributed by atoms with Crippen molar-refractivity contribution >= 4 is 5.84 Å². The summed E-state index contributed by atoms with van der Waals surface area (Å²) >= 11 is 0. The monoisotopic (exact) mass is 251 g/mol. The average Bonchev–Trinajstić information content (AvgIpc) is 2.17. The van der Waals surface area contributed by atoms with Crippen molar-refractivity contribution in [1.82, 2.24) is 4.90 Å². The zero-order valence-corrected chi connectivity index (χ0v) is 11.5. The predicted molar refractivity (Wildman–Crippen MR) is 73.2 cm³/mol. The number of hydrogen-bond donors (Lipinski definition) is 2. The molecule has 3 nitrogen and oxygen atoms in total. The second kappa shape index (κ2) is 5.48. The Labute approximate surface area is 108 Å². The van der Waals surface area contributed by atoms with Crippen molar-refractivity contribution in [2.24, 2.45) is 11.1 Å². The van der Waals surface area contributed by atoms with Crippen molar-refractivity contribution in [3.8, 4) is 0 Å². The van der Waals surface area contributed by atoms with E-state index in [-0.39, 0.29) is 22.6 Å². The van der Waals surface area contributed by atoms with E-state index in [1.165, 1.54) is 6.07 Å². The normalized spacial score (nSPS) is 11.9. The Morgan fingerprint density at radius 2 is 2.00 bits per heavy atom. The summed E-state index contributed by atoms with van der Waals surface area (Å²) < 4.78 is 14.1. The molecule has 100 valence electrons. The number of nitrogens with zero attached hydrogens (tertiary/aromatic N) is 1. The number of nitrogens with two attached hydrogens (primary N) is 1. The summed E-state index contributed by atoms with van der Waals surface area (Å²) in [5, 5.41) is 7.32. The molecule has 0 saturated carbocycles. The molecule has 1 aromatic rings. The Bertz CT molecular complexity index is 435. The molecule has 0 radical (unpaired) electrons. The van der Waals surface area contributed by atoms with Gasteiger partial charge in [0.05, 0.1) is 5.56 Å². The molecule has 0 amide bonds. The van der Waals surface area contributed by atoms with Crippen LogP contribution < -0.4 is 5.73 Å². The molecule has 18 heavy (non-hydrogen) atoms. The van der Waals surface area contributed by atoms with Gasteiger partial charge in [0.25, 0.3) is 0 Å². The second-order valence-corrected chi connectivity index (χ2v) is 5.93. The highest BCUT2D eigenvalue weighted by molar-refractivity contribution is 5.95. The quantitative estimate of drug-likeness (QED) is 0.638. The van der Waals surface area contributed by atoms with Gasteiger partial charge in [0.2, 0.25) is 0 Å². The van der Waals surface area contributed by atoms with Crippen LogP contribution in [0.5, 0.6) is 0 Å². The highest BCUT2D eigenvalue weighted by atomic mass is 19.1. The van der Waals surface area contributed by atoms with Gasteiger partial charge < -0.3 is 10.6 Å². The molecule has 0 spiro atoms. The van der Waals surface area contributed by atoms with Crippen LogP contribution in [0.2, 0.25) is 0 Å². The Hall–Kier alpha value is -1.42. The Balaban J connectivity index is 2.85. The first-order chi connectivity index (χ1) is 8.20. The molecule has 0 bridgehead atoms. The third kappa shape index (κ3) is 4.11. The molecule has 0 heterocycles. The molecule has 0 aliphatic carbocycles. The first kappa shape index (κ1) is 14.6. The molecule has 0 aromatic heterocycles. The lowest BCUT2D eigenvalue weighted by Gasteiger charge is -2.26. The molecule has 0 aliphatic heterocycles. The molecule has 3 N–H and O–H groups in total. The molecule has 0 atom stereocenters. The predicted octanol–water partition coefficient (Wildman–Crippen LogP) is 2.59.